The van der Waals surface area contributed by atoms with Crippen LogP contribution in [0.4, 0.5) is 0 Å². The van der Waals surface area contributed by atoms with Gasteiger partial charge in [-0.25, -0.2) is 0 Å². The highest BCUT2D eigenvalue weighted by atomic mass is 14.6. The van der Waals surface area contributed by atoms with Crippen molar-refractivity contribution in [2.75, 3.05) is 7.05 Å². The quantitative estimate of drug-likeness (QED) is 0.658. The van der Waals surface area contributed by atoms with Gasteiger partial charge in [0.05, 0.1) is 0 Å². The highest BCUT2D eigenvalue weighted by Crippen LogP contribution is 2.09. The molecule has 1 aromatic carbocycles. The maximum Gasteiger partial charge on any atom is 0.0277 e. The molecule has 0 aliphatic carbocycles. The molecule has 0 aromatic heterocycles. The summed E-state index contributed by atoms with van der Waals surface area (Å²) in [4.78, 5) is 4.03. The Hall–Kier alpha value is -1.63. The van der Waals surface area contributed by atoms with Crippen LogP contribution in [0.3, 0.4) is 0 Å². The summed E-state index contributed by atoms with van der Waals surface area (Å²) >= 11 is 0. The van der Waals surface area contributed by atoms with Gasteiger partial charge in [-0.05, 0) is 30.0 Å². The molecule has 0 radical (unpaired) electrons. The van der Waals surface area contributed by atoms with Crippen molar-refractivity contribution in [1.29, 1.82) is 0 Å². The van der Waals surface area contributed by atoms with Gasteiger partial charge in [-0.2, -0.15) is 0 Å². The van der Waals surface area contributed by atoms with Gasteiger partial charge in [0.2, 0.25) is 0 Å². The van der Waals surface area contributed by atoms with Gasteiger partial charge in [0, 0.05) is 13.3 Å². The minimum atomic E-state index is 0.936. The number of nitrogens with zero attached hydrogens (tertiary/aromatic N) is 1. The standard InChI is InChI=1S/C14H17N/c1-4-12-6-8-14(9-7-12)10-13(5-2)11-15-3/h4-9,11H,1,10H2,2-3H3/b13-5-,15-11?. The molecule has 0 fully saturated rings. The van der Waals surface area contributed by atoms with Gasteiger partial charge in [-0.3, -0.25) is 4.99 Å². The van der Waals surface area contributed by atoms with Crippen molar-refractivity contribution in [2.24, 2.45) is 4.99 Å². The summed E-state index contributed by atoms with van der Waals surface area (Å²) in [6.45, 7) is 5.77. The van der Waals surface area contributed by atoms with Gasteiger partial charge in [0.15, 0.2) is 0 Å². The first kappa shape index (κ1) is 11.4. The van der Waals surface area contributed by atoms with Gasteiger partial charge in [0.25, 0.3) is 0 Å². The second-order valence-electron chi connectivity index (χ2n) is 3.37. The molecule has 1 nitrogen and oxygen atoms in total. The summed E-state index contributed by atoms with van der Waals surface area (Å²) in [6.07, 6.45) is 6.79. The third-order valence-corrected chi connectivity index (χ3v) is 2.29. The molecule has 0 atom stereocenters. The van der Waals surface area contributed by atoms with E-state index < -0.39 is 0 Å². The molecule has 0 unspecified atom stereocenters. The highest BCUT2D eigenvalue weighted by molar-refractivity contribution is 5.78. The largest absolute Gasteiger partial charge is 0.296 e. The van der Waals surface area contributed by atoms with Crippen LogP contribution in [0.1, 0.15) is 18.1 Å². The van der Waals surface area contributed by atoms with Gasteiger partial charge in [-0.15, -0.1) is 0 Å². The zero-order chi connectivity index (χ0) is 11.1. The SMILES string of the molecule is C=Cc1ccc(C/C(C=NC)=C/C)cc1. The monoisotopic (exact) mass is 199 g/mol. The lowest BCUT2D eigenvalue weighted by Crippen LogP contribution is -1.91. The first-order valence-electron chi connectivity index (χ1n) is 5.09. The average molecular weight is 199 g/mol. The molecular weight excluding hydrogens is 182 g/mol. The van der Waals surface area contributed by atoms with Crippen LogP contribution in [-0.4, -0.2) is 13.3 Å². The summed E-state index contributed by atoms with van der Waals surface area (Å²) in [7, 11) is 1.80. The van der Waals surface area contributed by atoms with Gasteiger partial charge >= 0.3 is 0 Å². The topological polar surface area (TPSA) is 12.4 Å². The number of allylic oxidation sites excluding steroid dienone is 2. The minimum Gasteiger partial charge on any atom is -0.296 e. The number of aliphatic imine (C=N–C) groups is 1. The molecule has 0 bridgehead atoms. The predicted molar refractivity (Wildman–Crippen MR) is 68.4 cm³/mol. The molecule has 78 valence electrons. The van der Waals surface area contributed by atoms with Crippen molar-refractivity contribution < 1.29 is 0 Å². The molecular formula is C14H17N. The fourth-order valence-electron chi connectivity index (χ4n) is 1.40. The Balaban J connectivity index is 2.76. The summed E-state index contributed by atoms with van der Waals surface area (Å²) in [5, 5.41) is 0. The van der Waals surface area contributed by atoms with Crippen molar-refractivity contribution in [3.8, 4) is 0 Å². The van der Waals surface area contributed by atoms with E-state index in [-0.39, 0.29) is 0 Å². The zero-order valence-electron chi connectivity index (χ0n) is 9.40. The van der Waals surface area contributed by atoms with Crippen LogP contribution in [0.15, 0.2) is 47.5 Å². The number of benzene rings is 1. The van der Waals surface area contributed by atoms with Gasteiger partial charge < -0.3 is 0 Å². The van der Waals surface area contributed by atoms with Gasteiger partial charge in [0.1, 0.15) is 0 Å². The van der Waals surface area contributed by atoms with Crippen LogP contribution >= 0.6 is 0 Å². The lowest BCUT2D eigenvalue weighted by Gasteiger charge is -2.02. The predicted octanol–water partition coefficient (Wildman–Crippen LogP) is 3.52. The molecule has 0 heterocycles. The molecule has 0 aliphatic heterocycles. The Morgan fingerprint density at radius 3 is 2.47 bits per heavy atom. The molecule has 15 heavy (non-hydrogen) atoms. The van der Waals surface area contributed by atoms with E-state index in [1.165, 1.54) is 11.1 Å². The van der Waals surface area contributed by atoms with Crippen LogP contribution in [0.5, 0.6) is 0 Å². The summed E-state index contributed by atoms with van der Waals surface area (Å²) in [6, 6.07) is 8.42. The van der Waals surface area contributed by atoms with E-state index in [0.29, 0.717) is 0 Å². The Bertz CT molecular complexity index is 369. The van der Waals surface area contributed by atoms with Crippen molar-refractivity contribution >= 4 is 12.3 Å². The smallest absolute Gasteiger partial charge is 0.0277 e. The normalized spacial score (nSPS) is 12.0. The van der Waals surface area contributed by atoms with Crippen LogP contribution in [0.25, 0.3) is 6.08 Å². The van der Waals surface area contributed by atoms with E-state index in [1.54, 1.807) is 7.05 Å². The third-order valence-electron chi connectivity index (χ3n) is 2.29. The van der Waals surface area contributed by atoms with E-state index in [2.05, 4.69) is 41.9 Å². The van der Waals surface area contributed by atoms with Crippen LogP contribution in [0.2, 0.25) is 0 Å². The first-order chi connectivity index (χ1) is 7.30. The number of rotatable bonds is 4. The molecule has 0 saturated carbocycles. The lowest BCUT2D eigenvalue weighted by molar-refractivity contribution is 1.21. The summed E-state index contributed by atoms with van der Waals surface area (Å²) < 4.78 is 0. The van der Waals surface area contributed by atoms with Crippen LogP contribution in [0, 0.1) is 0 Å². The average Bonchev–Trinajstić information content (AvgIpc) is 2.29. The Morgan fingerprint density at radius 2 is 2.00 bits per heavy atom. The second-order valence-corrected chi connectivity index (χ2v) is 3.37. The molecule has 0 saturated heterocycles. The summed E-state index contributed by atoms with van der Waals surface area (Å²) in [5.74, 6) is 0. The maximum atomic E-state index is 4.03. The molecule has 1 rings (SSSR count). The minimum absolute atomic E-state index is 0.936. The van der Waals surface area contributed by atoms with E-state index in [1.807, 2.05) is 19.2 Å². The number of hydrogen-bond acceptors (Lipinski definition) is 1. The van der Waals surface area contributed by atoms with Crippen LogP contribution < -0.4 is 0 Å². The maximum absolute atomic E-state index is 4.03. The lowest BCUT2D eigenvalue weighted by atomic mass is 10.0. The van der Waals surface area contributed by atoms with Crippen molar-refractivity contribution in [2.45, 2.75) is 13.3 Å². The van der Waals surface area contributed by atoms with Crippen LogP contribution in [-0.2, 0) is 6.42 Å². The number of hydrogen-bond donors (Lipinski definition) is 0. The zero-order valence-corrected chi connectivity index (χ0v) is 9.40. The fraction of sp³-hybridized carbons (Fsp3) is 0.214. The molecule has 0 aliphatic rings. The van der Waals surface area contributed by atoms with Crippen molar-refractivity contribution in [3.05, 3.63) is 53.6 Å². The molecule has 1 aromatic rings. The third kappa shape index (κ3) is 3.55. The molecule has 0 spiro atoms. The fourth-order valence-corrected chi connectivity index (χ4v) is 1.40. The first-order valence-corrected chi connectivity index (χ1v) is 5.09. The van der Waals surface area contributed by atoms with E-state index in [4.69, 9.17) is 0 Å². The van der Waals surface area contributed by atoms with Gasteiger partial charge in [-0.1, -0.05) is 43.0 Å². The van der Waals surface area contributed by atoms with E-state index >= 15 is 0 Å². The van der Waals surface area contributed by atoms with Crippen molar-refractivity contribution in [1.82, 2.24) is 0 Å². The summed E-state index contributed by atoms with van der Waals surface area (Å²) in [5.41, 5.74) is 3.70. The Morgan fingerprint density at radius 1 is 1.33 bits per heavy atom. The van der Waals surface area contributed by atoms with E-state index in [9.17, 15) is 0 Å². The van der Waals surface area contributed by atoms with Crippen molar-refractivity contribution in [3.63, 3.8) is 0 Å². The second kappa shape index (κ2) is 5.97. The van der Waals surface area contributed by atoms with E-state index in [0.717, 1.165) is 12.0 Å². The molecule has 1 heteroatoms. The Kier molecular flexibility index (Phi) is 4.55. The molecule has 0 amide bonds. The highest BCUT2D eigenvalue weighted by Gasteiger charge is 1.95. The molecule has 0 N–H and O–H groups in total. The Labute approximate surface area is 91.9 Å².